The maximum atomic E-state index is 5.97. The summed E-state index contributed by atoms with van der Waals surface area (Å²) in [5, 5.41) is 1.10. The summed E-state index contributed by atoms with van der Waals surface area (Å²) < 4.78 is 17.9. The Kier molecular flexibility index (Phi) is 6.20. The van der Waals surface area contributed by atoms with Crippen LogP contribution in [0, 0.1) is 20.8 Å². The Bertz CT molecular complexity index is 401. The Morgan fingerprint density at radius 2 is 1.26 bits per heavy atom. The summed E-state index contributed by atoms with van der Waals surface area (Å²) in [6.45, 7) is 14.1. The summed E-state index contributed by atoms with van der Waals surface area (Å²) in [6, 6.07) is 4.22. The van der Waals surface area contributed by atoms with Crippen LogP contribution in [0.2, 0.25) is 0 Å². The highest BCUT2D eigenvalue weighted by atomic mass is 28.4. The minimum atomic E-state index is -2.77. The molecule has 0 aliphatic carbocycles. The predicted octanol–water partition coefficient (Wildman–Crippen LogP) is 2.87. The van der Waals surface area contributed by atoms with E-state index < -0.39 is 8.80 Å². The van der Waals surface area contributed by atoms with Gasteiger partial charge in [0.05, 0.1) is 0 Å². The molecule has 0 saturated heterocycles. The summed E-state index contributed by atoms with van der Waals surface area (Å²) in [5.41, 5.74) is 3.80. The van der Waals surface area contributed by atoms with Gasteiger partial charge in [-0.1, -0.05) is 12.1 Å². The van der Waals surface area contributed by atoms with Crippen molar-refractivity contribution in [1.29, 1.82) is 0 Å². The van der Waals surface area contributed by atoms with E-state index in [4.69, 9.17) is 13.3 Å². The minimum Gasteiger partial charge on any atom is -0.370 e. The Morgan fingerprint density at radius 3 is 1.68 bits per heavy atom. The third kappa shape index (κ3) is 3.45. The van der Waals surface area contributed by atoms with Gasteiger partial charge in [0.1, 0.15) is 0 Å². The van der Waals surface area contributed by atoms with Gasteiger partial charge in [-0.3, -0.25) is 0 Å². The van der Waals surface area contributed by atoms with Crippen molar-refractivity contribution in [3.05, 3.63) is 28.8 Å². The van der Waals surface area contributed by atoms with E-state index in [2.05, 4.69) is 32.9 Å². The highest BCUT2D eigenvalue weighted by molar-refractivity contribution is 6.75. The molecule has 108 valence electrons. The monoisotopic (exact) mass is 282 g/mol. The highest BCUT2D eigenvalue weighted by Crippen LogP contribution is 2.17. The molecule has 0 amide bonds. The van der Waals surface area contributed by atoms with E-state index in [1.54, 1.807) is 0 Å². The summed E-state index contributed by atoms with van der Waals surface area (Å²) in [5.74, 6) is 0. The number of aryl methyl sites for hydroxylation is 1. The van der Waals surface area contributed by atoms with Gasteiger partial charge >= 0.3 is 8.80 Å². The maximum absolute atomic E-state index is 5.97. The Hall–Kier alpha value is -0.683. The molecule has 0 unspecified atom stereocenters. The van der Waals surface area contributed by atoms with Crippen molar-refractivity contribution in [1.82, 2.24) is 0 Å². The summed E-state index contributed by atoms with van der Waals surface area (Å²) in [4.78, 5) is 0. The molecule has 0 fully saturated rings. The average molecular weight is 282 g/mol. The first kappa shape index (κ1) is 16.4. The van der Waals surface area contributed by atoms with Crippen molar-refractivity contribution in [2.75, 3.05) is 19.8 Å². The van der Waals surface area contributed by atoms with E-state index in [1.807, 2.05) is 20.8 Å². The molecular formula is C15H26O3Si. The molecule has 4 heteroatoms. The van der Waals surface area contributed by atoms with Gasteiger partial charge in [0.25, 0.3) is 0 Å². The van der Waals surface area contributed by atoms with Gasteiger partial charge in [0, 0.05) is 25.0 Å². The maximum Gasteiger partial charge on any atom is 0.537 e. The van der Waals surface area contributed by atoms with E-state index in [-0.39, 0.29) is 0 Å². The van der Waals surface area contributed by atoms with Crippen molar-refractivity contribution in [2.45, 2.75) is 41.5 Å². The van der Waals surface area contributed by atoms with Crippen LogP contribution in [0.4, 0.5) is 0 Å². The lowest BCUT2D eigenvalue weighted by molar-refractivity contribution is 0.0858. The van der Waals surface area contributed by atoms with Gasteiger partial charge in [0.2, 0.25) is 0 Å². The molecule has 0 N–H and O–H groups in total. The number of rotatable bonds is 7. The van der Waals surface area contributed by atoms with Crippen LogP contribution in [0.5, 0.6) is 0 Å². The molecule has 0 aromatic heterocycles. The van der Waals surface area contributed by atoms with Crippen molar-refractivity contribution in [3.8, 4) is 0 Å². The van der Waals surface area contributed by atoms with Crippen molar-refractivity contribution >= 4 is 14.0 Å². The fourth-order valence-corrected chi connectivity index (χ4v) is 5.01. The molecule has 1 rings (SSSR count). The topological polar surface area (TPSA) is 27.7 Å². The number of hydrogen-bond acceptors (Lipinski definition) is 3. The van der Waals surface area contributed by atoms with E-state index in [1.165, 1.54) is 16.7 Å². The molecule has 0 heterocycles. The first-order chi connectivity index (χ1) is 9.02. The van der Waals surface area contributed by atoms with Crippen LogP contribution in [-0.2, 0) is 13.3 Å². The second kappa shape index (κ2) is 7.19. The first-order valence-electron chi connectivity index (χ1n) is 7.01. The third-order valence-corrected chi connectivity index (χ3v) is 6.60. The molecule has 0 atom stereocenters. The zero-order chi connectivity index (χ0) is 14.5. The first-order valence-corrected chi connectivity index (χ1v) is 8.74. The smallest absolute Gasteiger partial charge is 0.370 e. The lowest BCUT2D eigenvalue weighted by Gasteiger charge is -2.30. The van der Waals surface area contributed by atoms with Crippen LogP contribution in [0.15, 0.2) is 12.1 Å². The van der Waals surface area contributed by atoms with Gasteiger partial charge in [-0.25, -0.2) is 0 Å². The standard InChI is InChI=1S/C15H26O3Si/c1-7-16-19(17-8-2,18-9-3)15-11-10-12(4)13(5)14(15)6/h10-11H,7-9H2,1-6H3. The zero-order valence-corrected chi connectivity index (χ0v) is 14.0. The van der Waals surface area contributed by atoms with E-state index in [0.717, 1.165) is 5.19 Å². The van der Waals surface area contributed by atoms with Crippen LogP contribution < -0.4 is 5.19 Å². The molecule has 0 aliphatic heterocycles. The van der Waals surface area contributed by atoms with Crippen LogP contribution in [0.1, 0.15) is 37.5 Å². The summed E-state index contributed by atoms with van der Waals surface area (Å²) in [6.07, 6.45) is 0. The molecule has 0 aliphatic rings. The van der Waals surface area contributed by atoms with Gasteiger partial charge in [-0.2, -0.15) is 0 Å². The van der Waals surface area contributed by atoms with Gasteiger partial charge in [-0.15, -0.1) is 0 Å². The Morgan fingerprint density at radius 1 is 0.789 bits per heavy atom. The van der Waals surface area contributed by atoms with Crippen molar-refractivity contribution in [2.24, 2.45) is 0 Å². The van der Waals surface area contributed by atoms with Gasteiger partial charge < -0.3 is 13.3 Å². The molecule has 0 saturated carbocycles. The number of benzene rings is 1. The fraction of sp³-hybridized carbons (Fsp3) is 0.600. The molecule has 0 radical (unpaired) electrons. The zero-order valence-electron chi connectivity index (χ0n) is 13.0. The molecule has 1 aromatic rings. The van der Waals surface area contributed by atoms with Crippen LogP contribution >= 0.6 is 0 Å². The van der Waals surface area contributed by atoms with Crippen LogP contribution in [-0.4, -0.2) is 28.6 Å². The molecular weight excluding hydrogens is 256 g/mol. The van der Waals surface area contributed by atoms with Crippen LogP contribution in [0.25, 0.3) is 0 Å². The van der Waals surface area contributed by atoms with Crippen molar-refractivity contribution < 1.29 is 13.3 Å². The lowest BCUT2D eigenvalue weighted by Crippen LogP contribution is -2.58. The van der Waals surface area contributed by atoms with E-state index >= 15 is 0 Å². The minimum absolute atomic E-state index is 0.596. The molecule has 0 bridgehead atoms. The van der Waals surface area contributed by atoms with E-state index in [0.29, 0.717) is 19.8 Å². The Labute approximate surface area is 118 Å². The lowest BCUT2D eigenvalue weighted by atomic mass is 10.1. The molecule has 0 spiro atoms. The second-order valence-electron chi connectivity index (χ2n) is 4.54. The van der Waals surface area contributed by atoms with E-state index in [9.17, 15) is 0 Å². The number of hydrogen-bond donors (Lipinski definition) is 0. The second-order valence-corrected chi connectivity index (χ2v) is 7.05. The van der Waals surface area contributed by atoms with Gasteiger partial charge in [0.15, 0.2) is 0 Å². The summed E-state index contributed by atoms with van der Waals surface area (Å²) >= 11 is 0. The predicted molar refractivity (Wildman–Crippen MR) is 80.9 cm³/mol. The summed E-state index contributed by atoms with van der Waals surface area (Å²) in [7, 11) is -2.77. The van der Waals surface area contributed by atoms with Gasteiger partial charge in [-0.05, 0) is 58.2 Å². The molecule has 19 heavy (non-hydrogen) atoms. The largest absolute Gasteiger partial charge is 0.537 e. The highest BCUT2D eigenvalue weighted by Gasteiger charge is 2.44. The molecule has 1 aromatic carbocycles. The third-order valence-electron chi connectivity index (χ3n) is 3.39. The Balaban J connectivity index is 3.34. The normalized spacial score (nSPS) is 11.9. The molecule has 3 nitrogen and oxygen atoms in total. The quantitative estimate of drug-likeness (QED) is 0.720. The SMILES string of the molecule is CCO[Si](OCC)(OCC)c1ccc(C)c(C)c1C. The van der Waals surface area contributed by atoms with Crippen LogP contribution in [0.3, 0.4) is 0 Å². The fourth-order valence-electron chi connectivity index (χ4n) is 2.22. The average Bonchev–Trinajstić information content (AvgIpc) is 2.37. The van der Waals surface area contributed by atoms with Crippen molar-refractivity contribution in [3.63, 3.8) is 0 Å².